The van der Waals surface area contributed by atoms with Crippen molar-refractivity contribution in [3.63, 3.8) is 0 Å². The number of pyridine rings is 2. The quantitative estimate of drug-likeness (QED) is 0.255. The lowest BCUT2D eigenvalue weighted by Gasteiger charge is -2.34. The predicted octanol–water partition coefficient (Wildman–Crippen LogP) is 6.75. The van der Waals surface area contributed by atoms with Crippen molar-refractivity contribution >= 4 is 51.0 Å². The second-order valence-electron chi connectivity index (χ2n) is 10.9. The summed E-state index contributed by atoms with van der Waals surface area (Å²) in [5.41, 5.74) is 5.57. The van der Waals surface area contributed by atoms with E-state index in [2.05, 4.69) is 31.2 Å². The van der Waals surface area contributed by atoms with Crippen LogP contribution in [0.2, 0.25) is 10.0 Å². The molecular formula is C30H27Cl2N7. The van der Waals surface area contributed by atoms with Gasteiger partial charge in [-0.25, -0.2) is 15.0 Å². The molecule has 3 aliphatic rings. The van der Waals surface area contributed by atoms with Gasteiger partial charge < -0.3 is 15.2 Å². The normalized spacial score (nSPS) is 21.1. The van der Waals surface area contributed by atoms with Crippen molar-refractivity contribution in [1.82, 2.24) is 30.2 Å². The first-order chi connectivity index (χ1) is 19.1. The molecule has 5 aromatic rings. The van der Waals surface area contributed by atoms with Crippen molar-refractivity contribution in [2.75, 3.05) is 18.0 Å². The molecule has 1 saturated carbocycles. The standard InChI is InChI=1S/C30H27Cl2N7/c31-17-5-6-22(32)20(12-17)24-13-19-18(7-10-35-28(19)36-24)29-37-25-15-33-14-21(16-3-4-16)27(25)30(38-29)39-11-8-23-26(39)2-1-9-34-23/h5-7,10,12-16,23,26,34H,1-4,8-9,11H2,(H,35,36). The fourth-order valence-corrected chi connectivity index (χ4v) is 6.89. The number of rotatable bonds is 4. The van der Waals surface area contributed by atoms with Gasteiger partial charge in [0, 0.05) is 68.7 Å². The third-order valence-electron chi connectivity index (χ3n) is 8.53. The molecular weight excluding hydrogens is 529 g/mol. The molecule has 0 radical (unpaired) electrons. The smallest absolute Gasteiger partial charge is 0.163 e. The molecule has 0 bridgehead atoms. The Morgan fingerprint density at radius 1 is 0.949 bits per heavy atom. The Balaban J connectivity index is 1.32. The second kappa shape index (κ2) is 9.15. The van der Waals surface area contributed by atoms with Gasteiger partial charge >= 0.3 is 0 Å². The molecule has 4 aromatic heterocycles. The molecule has 1 aromatic carbocycles. The van der Waals surface area contributed by atoms with Gasteiger partial charge in [-0.1, -0.05) is 23.2 Å². The van der Waals surface area contributed by atoms with E-state index in [1.54, 1.807) is 12.3 Å². The number of hydrogen-bond donors (Lipinski definition) is 2. The molecule has 2 aliphatic heterocycles. The first-order valence-corrected chi connectivity index (χ1v) is 14.5. The molecule has 7 nitrogen and oxygen atoms in total. The Kier molecular flexibility index (Phi) is 5.54. The molecule has 196 valence electrons. The Morgan fingerprint density at radius 3 is 2.77 bits per heavy atom. The van der Waals surface area contributed by atoms with E-state index in [9.17, 15) is 0 Å². The zero-order valence-corrected chi connectivity index (χ0v) is 22.8. The van der Waals surface area contributed by atoms with Crippen LogP contribution in [0.4, 0.5) is 5.82 Å². The van der Waals surface area contributed by atoms with Crippen molar-refractivity contribution in [1.29, 1.82) is 0 Å². The number of nitrogens with zero attached hydrogens (tertiary/aromatic N) is 5. The highest BCUT2D eigenvalue weighted by atomic mass is 35.5. The average Bonchev–Trinajstić information content (AvgIpc) is 3.57. The molecule has 6 heterocycles. The van der Waals surface area contributed by atoms with Crippen LogP contribution in [-0.2, 0) is 0 Å². The zero-order valence-electron chi connectivity index (χ0n) is 21.3. The highest BCUT2D eigenvalue weighted by Crippen LogP contribution is 2.46. The number of H-pyrrole nitrogens is 1. The van der Waals surface area contributed by atoms with Gasteiger partial charge in [-0.05, 0) is 80.5 Å². The lowest BCUT2D eigenvalue weighted by molar-refractivity contribution is 0.382. The van der Waals surface area contributed by atoms with Crippen molar-refractivity contribution in [3.05, 3.63) is 64.5 Å². The molecule has 0 amide bonds. The molecule has 2 unspecified atom stereocenters. The van der Waals surface area contributed by atoms with Crippen molar-refractivity contribution in [2.24, 2.45) is 0 Å². The van der Waals surface area contributed by atoms with Crippen LogP contribution < -0.4 is 10.2 Å². The first kappa shape index (κ1) is 23.6. The van der Waals surface area contributed by atoms with Crippen LogP contribution in [0.5, 0.6) is 0 Å². The predicted molar refractivity (Wildman–Crippen MR) is 157 cm³/mol. The highest BCUT2D eigenvalue weighted by Gasteiger charge is 2.38. The lowest BCUT2D eigenvalue weighted by atomic mass is 9.99. The van der Waals surface area contributed by atoms with E-state index >= 15 is 0 Å². The fourth-order valence-electron chi connectivity index (χ4n) is 6.50. The summed E-state index contributed by atoms with van der Waals surface area (Å²) in [4.78, 5) is 25.7. The van der Waals surface area contributed by atoms with Crippen LogP contribution in [0.15, 0.2) is 48.9 Å². The Bertz CT molecular complexity index is 1750. The third-order valence-corrected chi connectivity index (χ3v) is 9.09. The van der Waals surface area contributed by atoms with Crippen LogP contribution in [0.1, 0.15) is 43.6 Å². The maximum Gasteiger partial charge on any atom is 0.163 e. The number of benzene rings is 1. The number of aromatic nitrogens is 5. The van der Waals surface area contributed by atoms with Crippen molar-refractivity contribution in [2.45, 2.75) is 50.1 Å². The number of hydrogen-bond acceptors (Lipinski definition) is 6. The number of halogens is 2. The van der Waals surface area contributed by atoms with Crippen LogP contribution in [0.25, 0.3) is 44.6 Å². The summed E-state index contributed by atoms with van der Waals surface area (Å²) in [6.45, 7) is 2.09. The largest absolute Gasteiger partial charge is 0.351 e. The number of piperidine rings is 1. The van der Waals surface area contributed by atoms with Gasteiger partial charge in [-0.15, -0.1) is 0 Å². The van der Waals surface area contributed by atoms with Gasteiger partial charge in [-0.3, -0.25) is 4.98 Å². The highest BCUT2D eigenvalue weighted by molar-refractivity contribution is 6.35. The Hall–Kier alpha value is -3.26. The second-order valence-corrected chi connectivity index (χ2v) is 11.8. The summed E-state index contributed by atoms with van der Waals surface area (Å²) in [6.07, 6.45) is 11.7. The number of nitrogens with one attached hydrogen (secondary N) is 2. The molecule has 2 saturated heterocycles. The van der Waals surface area contributed by atoms with Crippen LogP contribution in [-0.4, -0.2) is 50.1 Å². The summed E-state index contributed by atoms with van der Waals surface area (Å²) >= 11 is 12.8. The molecule has 2 atom stereocenters. The van der Waals surface area contributed by atoms with Crippen LogP contribution in [0.3, 0.4) is 0 Å². The van der Waals surface area contributed by atoms with E-state index < -0.39 is 0 Å². The van der Waals surface area contributed by atoms with Crippen LogP contribution >= 0.6 is 23.2 Å². The lowest BCUT2D eigenvalue weighted by Crippen LogP contribution is -2.47. The summed E-state index contributed by atoms with van der Waals surface area (Å²) in [7, 11) is 0. The minimum absolute atomic E-state index is 0.450. The number of aromatic amines is 1. The zero-order chi connectivity index (χ0) is 26.1. The summed E-state index contributed by atoms with van der Waals surface area (Å²) in [5.74, 6) is 2.29. The monoisotopic (exact) mass is 555 g/mol. The van der Waals surface area contributed by atoms with Gasteiger partial charge in [0.25, 0.3) is 0 Å². The fraction of sp³-hybridized carbons (Fsp3) is 0.333. The molecule has 2 N–H and O–H groups in total. The molecule has 8 rings (SSSR count). The van der Waals surface area contributed by atoms with E-state index in [0.29, 0.717) is 33.9 Å². The van der Waals surface area contributed by atoms with E-state index in [4.69, 9.17) is 33.2 Å². The number of fused-ring (bicyclic) bond motifs is 3. The maximum absolute atomic E-state index is 6.53. The van der Waals surface area contributed by atoms with E-state index in [1.165, 1.54) is 36.6 Å². The average molecular weight is 557 g/mol. The van der Waals surface area contributed by atoms with E-state index in [0.717, 1.165) is 58.7 Å². The molecule has 1 aliphatic carbocycles. The van der Waals surface area contributed by atoms with Gasteiger partial charge in [0.1, 0.15) is 11.5 Å². The summed E-state index contributed by atoms with van der Waals surface area (Å²) in [6, 6.07) is 10.5. The van der Waals surface area contributed by atoms with Crippen molar-refractivity contribution < 1.29 is 0 Å². The Labute approximate surface area is 236 Å². The topological polar surface area (TPSA) is 82.6 Å². The molecule has 39 heavy (non-hydrogen) atoms. The summed E-state index contributed by atoms with van der Waals surface area (Å²) < 4.78 is 0. The van der Waals surface area contributed by atoms with Gasteiger partial charge in [-0.2, -0.15) is 0 Å². The van der Waals surface area contributed by atoms with Crippen molar-refractivity contribution in [3.8, 4) is 22.6 Å². The van der Waals surface area contributed by atoms with Gasteiger partial charge in [0.05, 0.1) is 11.7 Å². The first-order valence-electron chi connectivity index (χ1n) is 13.7. The van der Waals surface area contributed by atoms with Gasteiger partial charge in [0.15, 0.2) is 5.82 Å². The van der Waals surface area contributed by atoms with E-state index in [1.807, 2.05) is 30.6 Å². The van der Waals surface area contributed by atoms with Crippen LogP contribution in [0, 0.1) is 0 Å². The minimum atomic E-state index is 0.450. The SMILES string of the molecule is Clc1ccc(Cl)c(-c2cc3c(-c4nc(N5CCC6NCCCC65)c5c(C6CC6)cncc5n4)ccnc3[nH]2)c1. The third kappa shape index (κ3) is 3.98. The van der Waals surface area contributed by atoms with E-state index in [-0.39, 0.29) is 0 Å². The minimum Gasteiger partial charge on any atom is -0.351 e. The van der Waals surface area contributed by atoms with Gasteiger partial charge in [0.2, 0.25) is 0 Å². The maximum atomic E-state index is 6.53. The Morgan fingerprint density at radius 2 is 1.87 bits per heavy atom. The summed E-state index contributed by atoms with van der Waals surface area (Å²) in [5, 5.41) is 7.12. The molecule has 0 spiro atoms. The number of anilines is 1. The molecule has 9 heteroatoms. The molecule has 3 fully saturated rings.